The molecule has 0 amide bonds. The fourth-order valence-corrected chi connectivity index (χ4v) is 1.95. The first-order valence-electron chi connectivity index (χ1n) is 4.23. The van der Waals surface area contributed by atoms with Crippen molar-refractivity contribution < 1.29 is 14.9 Å². The Balaban J connectivity index is 3.45. The predicted octanol–water partition coefficient (Wildman–Crippen LogP) is 2.53. The molecule has 0 fully saturated rings. The van der Waals surface area contributed by atoms with Crippen LogP contribution in [0.2, 0.25) is 0 Å². The van der Waals surface area contributed by atoms with Crippen LogP contribution in [0.4, 0.5) is 0 Å². The first-order valence-corrected chi connectivity index (χ1v) is 5.02. The van der Waals surface area contributed by atoms with Gasteiger partial charge in [-0.1, -0.05) is 0 Å². The second-order valence-electron chi connectivity index (χ2n) is 3.15. The molecule has 0 aliphatic carbocycles. The molecular formula is C10H13BrO3. The van der Waals surface area contributed by atoms with Gasteiger partial charge in [0.05, 0.1) is 13.2 Å². The van der Waals surface area contributed by atoms with Crippen molar-refractivity contribution in [3.63, 3.8) is 0 Å². The third-order valence-corrected chi connectivity index (χ3v) is 3.11. The van der Waals surface area contributed by atoms with Crippen LogP contribution in [-0.2, 0) is 0 Å². The number of halogens is 1. The lowest BCUT2D eigenvalue weighted by Crippen LogP contribution is -1.98. The van der Waals surface area contributed by atoms with E-state index >= 15 is 0 Å². The van der Waals surface area contributed by atoms with Gasteiger partial charge >= 0.3 is 0 Å². The molecule has 0 saturated carbocycles. The number of phenols is 1. The Morgan fingerprint density at radius 3 is 2.50 bits per heavy atom. The lowest BCUT2D eigenvalue weighted by Gasteiger charge is -2.15. The minimum absolute atomic E-state index is 0.0139. The van der Waals surface area contributed by atoms with Gasteiger partial charge in [0.2, 0.25) is 0 Å². The van der Waals surface area contributed by atoms with Crippen LogP contribution >= 0.6 is 15.9 Å². The fourth-order valence-electron chi connectivity index (χ4n) is 1.31. The number of aryl methyl sites for hydroxylation is 1. The van der Waals surface area contributed by atoms with Gasteiger partial charge in [-0.25, -0.2) is 0 Å². The third-order valence-electron chi connectivity index (χ3n) is 2.06. The molecule has 4 heteroatoms. The third kappa shape index (κ3) is 1.86. The van der Waals surface area contributed by atoms with E-state index in [4.69, 9.17) is 4.74 Å². The number of ether oxygens (including phenoxy) is 1. The van der Waals surface area contributed by atoms with Crippen molar-refractivity contribution in [1.29, 1.82) is 0 Å². The first kappa shape index (κ1) is 11.3. The lowest BCUT2D eigenvalue weighted by molar-refractivity contribution is 0.192. The van der Waals surface area contributed by atoms with Crippen LogP contribution in [-0.4, -0.2) is 17.3 Å². The smallest absolute Gasteiger partial charge is 0.164 e. The normalized spacial score (nSPS) is 12.6. The minimum Gasteiger partial charge on any atom is -0.504 e. The molecule has 0 aliphatic rings. The van der Waals surface area contributed by atoms with Crippen LogP contribution < -0.4 is 4.74 Å². The summed E-state index contributed by atoms with van der Waals surface area (Å²) in [6.45, 7) is 3.47. The first-order chi connectivity index (χ1) is 6.49. The van der Waals surface area contributed by atoms with Crippen LogP contribution in [0.25, 0.3) is 0 Å². The van der Waals surface area contributed by atoms with Gasteiger partial charge in [-0.05, 0) is 41.4 Å². The molecule has 0 aliphatic heterocycles. The van der Waals surface area contributed by atoms with Crippen molar-refractivity contribution >= 4 is 15.9 Å². The molecule has 1 atom stereocenters. The minimum atomic E-state index is -0.738. The summed E-state index contributed by atoms with van der Waals surface area (Å²) in [5, 5.41) is 19.2. The Hall–Kier alpha value is -0.740. The van der Waals surface area contributed by atoms with Gasteiger partial charge in [-0.2, -0.15) is 0 Å². The van der Waals surface area contributed by atoms with Crippen molar-refractivity contribution in [1.82, 2.24) is 0 Å². The Morgan fingerprint density at radius 2 is 2.07 bits per heavy atom. The number of hydrogen-bond acceptors (Lipinski definition) is 3. The summed E-state index contributed by atoms with van der Waals surface area (Å²) >= 11 is 3.32. The largest absolute Gasteiger partial charge is 0.504 e. The number of aliphatic hydroxyl groups excluding tert-OH is 1. The maximum absolute atomic E-state index is 9.75. The van der Waals surface area contributed by atoms with Crippen molar-refractivity contribution in [2.45, 2.75) is 20.0 Å². The molecule has 2 N–H and O–H groups in total. The molecule has 3 nitrogen and oxygen atoms in total. The highest BCUT2D eigenvalue weighted by atomic mass is 79.9. The summed E-state index contributed by atoms with van der Waals surface area (Å²) in [4.78, 5) is 0. The molecule has 14 heavy (non-hydrogen) atoms. The second-order valence-corrected chi connectivity index (χ2v) is 3.94. The summed E-state index contributed by atoms with van der Waals surface area (Å²) in [6, 6.07) is 1.71. The van der Waals surface area contributed by atoms with Crippen LogP contribution in [0.15, 0.2) is 10.5 Å². The molecular weight excluding hydrogens is 248 g/mol. The van der Waals surface area contributed by atoms with E-state index in [1.54, 1.807) is 13.0 Å². The standard InChI is InChI=1S/C10H13BrO3/c1-5-4-7(14-3)10(13)8(6(2)12)9(5)11/h4,6,12-13H,1-3H3. The van der Waals surface area contributed by atoms with E-state index in [2.05, 4.69) is 15.9 Å². The van der Waals surface area contributed by atoms with Gasteiger partial charge in [-0.3, -0.25) is 0 Å². The molecule has 1 aromatic rings. The summed E-state index contributed by atoms with van der Waals surface area (Å²) < 4.78 is 5.70. The number of benzene rings is 1. The van der Waals surface area contributed by atoms with Crippen LogP contribution in [0.1, 0.15) is 24.2 Å². The number of rotatable bonds is 2. The molecule has 78 valence electrons. The van der Waals surface area contributed by atoms with E-state index in [0.717, 1.165) is 5.56 Å². The molecule has 0 radical (unpaired) electrons. The highest BCUT2D eigenvalue weighted by Gasteiger charge is 2.18. The molecule has 0 bridgehead atoms. The van der Waals surface area contributed by atoms with E-state index in [9.17, 15) is 10.2 Å². The Kier molecular flexibility index (Phi) is 3.39. The van der Waals surface area contributed by atoms with Crippen LogP contribution in [0.5, 0.6) is 11.5 Å². The van der Waals surface area contributed by atoms with E-state index in [-0.39, 0.29) is 5.75 Å². The average Bonchev–Trinajstić information content (AvgIpc) is 2.11. The molecule has 1 rings (SSSR count). The molecule has 0 saturated heterocycles. The zero-order valence-electron chi connectivity index (χ0n) is 8.34. The van der Waals surface area contributed by atoms with Crippen LogP contribution in [0, 0.1) is 6.92 Å². The molecule has 0 heterocycles. The van der Waals surface area contributed by atoms with Crippen molar-refractivity contribution in [2.75, 3.05) is 7.11 Å². The monoisotopic (exact) mass is 260 g/mol. The molecule has 0 spiro atoms. The van der Waals surface area contributed by atoms with Crippen molar-refractivity contribution in [3.8, 4) is 11.5 Å². The number of aromatic hydroxyl groups is 1. The lowest BCUT2D eigenvalue weighted by atomic mass is 10.1. The van der Waals surface area contributed by atoms with E-state index in [0.29, 0.717) is 15.8 Å². The average molecular weight is 261 g/mol. The number of aliphatic hydroxyl groups is 1. The Bertz CT molecular complexity index is 348. The summed E-state index contributed by atoms with van der Waals surface area (Å²) in [5.41, 5.74) is 1.37. The molecule has 1 aromatic carbocycles. The van der Waals surface area contributed by atoms with E-state index in [1.165, 1.54) is 7.11 Å². The van der Waals surface area contributed by atoms with Gasteiger partial charge in [-0.15, -0.1) is 0 Å². The zero-order valence-corrected chi connectivity index (χ0v) is 9.92. The van der Waals surface area contributed by atoms with Gasteiger partial charge in [0.1, 0.15) is 0 Å². The highest BCUT2D eigenvalue weighted by molar-refractivity contribution is 9.10. The topological polar surface area (TPSA) is 49.7 Å². The predicted molar refractivity (Wildman–Crippen MR) is 57.7 cm³/mol. The van der Waals surface area contributed by atoms with E-state index < -0.39 is 6.10 Å². The SMILES string of the molecule is COc1cc(C)c(Br)c(C(C)O)c1O. The summed E-state index contributed by atoms with van der Waals surface area (Å²) in [7, 11) is 1.48. The highest BCUT2D eigenvalue weighted by Crippen LogP contribution is 2.40. The number of hydrogen-bond donors (Lipinski definition) is 2. The van der Waals surface area contributed by atoms with Gasteiger partial charge < -0.3 is 14.9 Å². The van der Waals surface area contributed by atoms with Gasteiger partial charge in [0.25, 0.3) is 0 Å². The van der Waals surface area contributed by atoms with E-state index in [1.807, 2.05) is 6.92 Å². The van der Waals surface area contributed by atoms with Crippen molar-refractivity contribution in [2.24, 2.45) is 0 Å². The zero-order chi connectivity index (χ0) is 10.9. The van der Waals surface area contributed by atoms with Gasteiger partial charge in [0, 0.05) is 10.0 Å². The Labute approximate surface area is 91.5 Å². The van der Waals surface area contributed by atoms with Gasteiger partial charge in [0.15, 0.2) is 11.5 Å². The maximum atomic E-state index is 9.75. The number of methoxy groups -OCH3 is 1. The van der Waals surface area contributed by atoms with Crippen molar-refractivity contribution in [3.05, 3.63) is 21.7 Å². The summed E-state index contributed by atoms with van der Waals surface area (Å²) in [5.74, 6) is 0.363. The van der Waals surface area contributed by atoms with Crippen LogP contribution in [0.3, 0.4) is 0 Å². The fraction of sp³-hybridized carbons (Fsp3) is 0.400. The maximum Gasteiger partial charge on any atom is 0.164 e. The quantitative estimate of drug-likeness (QED) is 0.860. The summed E-state index contributed by atoms with van der Waals surface area (Å²) in [6.07, 6.45) is -0.738. The second kappa shape index (κ2) is 4.19. The molecule has 1 unspecified atom stereocenters. The number of phenolic OH excluding ortho intramolecular Hbond substituents is 1. The molecule has 0 aromatic heterocycles. The Morgan fingerprint density at radius 1 is 1.50 bits per heavy atom.